The molecule has 0 aromatic heterocycles. The summed E-state index contributed by atoms with van der Waals surface area (Å²) in [5, 5.41) is 10.6. The molecule has 0 radical (unpaired) electrons. The molecule has 17 nitrogen and oxygen atoms in total. The molecule has 19 heteroatoms. The minimum atomic E-state index is -4.96. The molecule has 0 bridgehead atoms. The van der Waals surface area contributed by atoms with Crippen LogP contribution in [0.15, 0.2) is 0 Å². The summed E-state index contributed by atoms with van der Waals surface area (Å²) < 4.78 is 68.6. The smallest absolute Gasteiger partial charge is 0.462 e. The molecule has 0 saturated heterocycles. The van der Waals surface area contributed by atoms with E-state index in [1.807, 2.05) is 0 Å². The first kappa shape index (κ1) is 98.1. The Kier molecular flexibility index (Phi) is 69.9. The second-order valence-electron chi connectivity index (χ2n) is 30.6. The number of rotatable bonds is 79. The van der Waals surface area contributed by atoms with Crippen LogP contribution in [-0.4, -0.2) is 96.7 Å². The third-order valence-corrected chi connectivity index (χ3v) is 20.8. The van der Waals surface area contributed by atoms with Crippen molar-refractivity contribution in [3.63, 3.8) is 0 Å². The van der Waals surface area contributed by atoms with Crippen molar-refractivity contribution in [1.29, 1.82) is 0 Å². The van der Waals surface area contributed by atoms with Crippen molar-refractivity contribution in [1.82, 2.24) is 0 Å². The van der Waals surface area contributed by atoms with Crippen LogP contribution in [-0.2, 0) is 65.4 Å². The van der Waals surface area contributed by atoms with E-state index in [1.165, 1.54) is 225 Å². The van der Waals surface area contributed by atoms with E-state index in [1.54, 1.807) is 0 Å². The van der Waals surface area contributed by atoms with Crippen molar-refractivity contribution in [3.8, 4) is 0 Å². The Balaban J connectivity index is 5.19. The van der Waals surface area contributed by atoms with Gasteiger partial charge in [-0.3, -0.25) is 37.3 Å². The molecule has 0 aliphatic rings. The van der Waals surface area contributed by atoms with Crippen LogP contribution in [0.2, 0.25) is 0 Å². The Morgan fingerprint density at radius 2 is 0.460 bits per heavy atom. The number of hydrogen-bond acceptors (Lipinski definition) is 15. The molecule has 594 valence electrons. The monoisotopic (exact) mass is 1470 g/mol. The van der Waals surface area contributed by atoms with Gasteiger partial charge in [-0.2, -0.15) is 0 Å². The van der Waals surface area contributed by atoms with Crippen LogP contribution in [0.3, 0.4) is 0 Å². The molecule has 0 spiro atoms. The molecule has 100 heavy (non-hydrogen) atoms. The van der Waals surface area contributed by atoms with E-state index in [0.717, 1.165) is 114 Å². The third-order valence-electron chi connectivity index (χ3n) is 18.9. The maximum atomic E-state index is 13.1. The van der Waals surface area contributed by atoms with Gasteiger partial charge in [-0.15, -0.1) is 0 Å². The zero-order valence-corrected chi connectivity index (χ0v) is 67.5. The van der Waals surface area contributed by atoms with Crippen molar-refractivity contribution in [2.45, 2.75) is 439 Å². The number of aliphatic hydroxyl groups excluding tert-OH is 1. The molecule has 0 rings (SSSR count). The van der Waals surface area contributed by atoms with Crippen LogP contribution in [0, 0.1) is 17.8 Å². The Morgan fingerprint density at radius 1 is 0.270 bits per heavy atom. The molecule has 0 fully saturated rings. The summed E-state index contributed by atoms with van der Waals surface area (Å²) in [6.45, 7) is 12.0. The maximum absolute atomic E-state index is 13.1. The minimum Gasteiger partial charge on any atom is -0.462 e. The van der Waals surface area contributed by atoms with Gasteiger partial charge in [0.05, 0.1) is 26.4 Å². The van der Waals surface area contributed by atoms with Crippen LogP contribution in [0.5, 0.6) is 0 Å². The standard InChI is InChI=1S/C81H158O17P2/c1-8-9-10-11-12-41-48-55-62-78(83)91-68-76(97-81(86)65-58-51-44-37-31-25-24-28-34-40-47-54-61-74(6)7)70-95-99(87,88)93-66-75(82)67-94-100(89,90)96-71-77(69-92-79(84)63-56-49-42-35-29-23-19-21-27-33-39-46-53-60-73(4)5)98-80(85)64-57-50-43-36-30-22-18-16-14-13-15-17-20-26-32-38-45-52-59-72(2)3/h72-77,82H,8-71H2,1-7H3,(H,87,88)(H,89,90)/t75-,76+,77+/m0/s1. The van der Waals surface area contributed by atoms with Crippen LogP contribution in [0.1, 0.15) is 421 Å². The first-order valence-electron chi connectivity index (χ1n) is 41.8. The summed E-state index contributed by atoms with van der Waals surface area (Å²) in [5.74, 6) is 0.275. The van der Waals surface area contributed by atoms with Crippen molar-refractivity contribution in [2.75, 3.05) is 39.6 Å². The molecule has 5 atom stereocenters. The van der Waals surface area contributed by atoms with E-state index in [2.05, 4.69) is 48.5 Å². The largest absolute Gasteiger partial charge is 0.472 e. The van der Waals surface area contributed by atoms with Gasteiger partial charge in [0.15, 0.2) is 12.2 Å². The quantitative estimate of drug-likeness (QED) is 0.0222. The summed E-state index contributed by atoms with van der Waals surface area (Å²) in [6, 6.07) is 0. The number of hydrogen-bond donors (Lipinski definition) is 3. The molecule has 0 aliphatic carbocycles. The van der Waals surface area contributed by atoms with E-state index in [4.69, 9.17) is 37.0 Å². The second kappa shape index (κ2) is 71.3. The molecule has 2 unspecified atom stereocenters. The van der Waals surface area contributed by atoms with Crippen molar-refractivity contribution in [3.05, 3.63) is 0 Å². The number of phosphoric ester groups is 2. The normalized spacial score (nSPS) is 14.0. The summed E-state index contributed by atoms with van der Waals surface area (Å²) in [6.07, 6.45) is 59.7. The lowest BCUT2D eigenvalue weighted by atomic mass is 10.0. The highest BCUT2D eigenvalue weighted by Gasteiger charge is 2.30. The number of esters is 4. The predicted molar refractivity (Wildman–Crippen MR) is 409 cm³/mol. The molecule has 0 amide bonds. The Hall–Kier alpha value is -1.94. The summed E-state index contributed by atoms with van der Waals surface area (Å²) in [5.41, 5.74) is 0. The molecular formula is C81H158O17P2. The summed E-state index contributed by atoms with van der Waals surface area (Å²) in [4.78, 5) is 72.9. The maximum Gasteiger partial charge on any atom is 0.472 e. The van der Waals surface area contributed by atoms with Crippen LogP contribution < -0.4 is 0 Å². The fourth-order valence-electron chi connectivity index (χ4n) is 12.5. The van der Waals surface area contributed by atoms with Gasteiger partial charge in [-0.1, -0.05) is 370 Å². The summed E-state index contributed by atoms with van der Waals surface area (Å²) in [7, 11) is -9.92. The van der Waals surface area contributed by atoms with Gasteiger partial charge in [-0.05, 0) is 43.4 Å². The lowest BCUT2D eigenvalue weighted by Crippen LogP contribution is -2.30. The zero-order valence-electron chi connectivity index (χ0n) is 65.7. The molecule has 3 N–H and O–H groups in total. The molecule has 0 saturated carbocycles. The lowest BCUT2D eigenvalue weighted by molar-refractivity contribution is -0.161. The number of carbonyl (C=O) groups is 4. The van der Waals surface area contributed by atoms with Crippen LogP contribution in [0.25, 0.3) is 0 Å². The first-order valence-corrected chi connectivity index (χ1v) is 44.8. The fourth-order valence-corrected chi connectivity index (χ4v) is 14.1. The number of aliphatic hydroxyl groups is 1. The highest BCUT2D eigenvalue weighted by atomic mass is 31.2. The molecule has 0 aromatic rings. The average Bonchev–Trinajstić information content (AvgIpc) is 0.949. The van der Waals surface area contributed by atoms with Gasteiger partial charge in [0.1, 0.15) is 19.3 Å². The topological polar surface area (TPSA) is 237 Å². The molecular weight excluding hydrogens is 1310 g/mol. The van der Waals surface area contributed by atoms with Crippen molar-refractivity contribution in [2.24, 2.45) is 17.8 Å². The lowest BCUT2D eigenvalue weighted by Gasteiger charge is -2.21. The average molecular weight is 1470 g/mol. The SMILES string of the molecule is CCCCCCCCCCC(=O)OC[C@H](COP(=O)(O)OC[C@H](O)COP(=O)(O)OC[C@@H](COC(=O)CCCCCCCCCCCCCCCC(C)C)OC(=O)CCCCCCCCCCCCCCCCCCCCC(C)C)OC(=O)CCCCCCCCCCCCCCC(C)C. The van der Waals surface area contributed by atoms with Gasteiger partial charge in [-0.25, -0.2) is 9.13 Å². The molecule has 0 aliphatic heterocycles. The Labute approximate surface area is 613 Å². The minimum absolute atomic E-state index is 0.107. The van der Waals surface area contributed by atoms with E-state index >= 15 is 0 Å². The molecule has 0 aromatic carbocycles. The van der Waals surface area contributed by atoms with Gasteiger partial charge >= 0.3 is 39.5 Å². The highest BCUT2D eigenvalue weighted by Crippen LogP contribution is 2.45. The first-order chi connectivity index (χ1) is 48.2. The van der Waals surface area contributed by atoms with Gasteiger partial charge in [0.25, 0.3) is 0 Å². The van der Waals surface area contributed by atoms with Crippen molar-refractivity contribution < 1.29 is 80.2 Å². The number of carbonyl (C=O) groups excluding carboxylic acids is 4. The van der Waals surface area contributed by atoms with Crippen LogP contribution in [0.4, 0.5) is 0 Å². The van der Waals surface area contributed by atoms with Crippen molar-refractivity contribution >= 4 is 39.5 Å². The number of unbranched alkanes of at least 4 members (excludes halogenated alkanes) is 47. The molecule has 0 heterocycles. The predicted octanol–water partition coefficient (Wildman–Crippen LogP) is 24.1. The van der Waals surface area contributed by atoms with Gasteiger partial charge in [0.2, 0.25) is 0 Å². The van der Waals surface area contributed by atoms with Crippen LogP contribution >= 0.6 is 15.6 Å². The van der Waals surface area contributed by atoms with E-state index in [9.17, 15) is 43.2 Å². The second-order valence-corrected chi connectivity index (χ2v) is 33.5. The highest BCUT2D eigenvalue weighted by molar-refractivity contribution is 7.47. The Morgan fingerprint density at radius 3 is 0.680 bits per heavy atom. The number of phosphoric acid groups is 2. The Bertz CT molecular complexity index is 1940. The van der Waals surface area contributed by atoms with E-state index < -0.39 is 97.5 Å². The number of ether oxygens (including phenoxy) is 4. The van der Waals surface area contributed by atoms with Gasteiger partial charge < -0.3 is 33.8 Å². The zero-order chi connectivity index (χ0) is 73.7. The third kappa shape index (κ3) is 74.3. The van der Waals surface area contributed by atoms with E-state index in [-0.39, 0.29) is 25.7 Å². The summed E-state index contributed by atoms with van der Waals surface area (Å²) >= 11 is 0. The fraction of sp³-hybridized carbons (Fsp3) is 0.951. The van der Waals surface area contributed by atoms with Gasteiger partial charge in [0, 0.05) is 25.7 Å². The van der Waals surface area contributed by atoms with E-state index in [0.29, 0.717) is 25.7 Å².